The maximum atomic E-state index is 6.11. The van der Waals surface area contributed by atoms with Crippen molar-refractivity contribution in [1.29, 1.82) is 0 Å². The topological polar surface area (TPSA) is 16.1 Å². The summed E-state index contributed by atoms with van der Waals surface area (Å²) in [6.45, 7) is 0.652. The maximum Gasteiger partial charge on any atom is 0.143 e. The van der Waals surface area contributed by atoms with E-state index in [1.165, 1.54) is 0 Å². The molecule has 2 rings (SSSR count). The van der Waals surface area contributed by atoms with Crippen molar-refractivity contribution in [2.75, 3.05) is 4.42 Å². The first kappa shape index (κ1) is 9.99. The van der Waals surface area contributed by atoms with Gasteiger partial charge in [-0.1, -0.05) is 36.4 Å². The summed E-state index contributed by atoms with van der Waals surface area (Å²) in [6, 6.07) is 15.7. The molecule has 1 heterocycles. The van der Waals surface area contributed by atoms with E-state index in [0.717, 1.165) is 11.4 Å². The fraction of sp³-hybridized carbons (Fsp3) is 0.0833. The van der Waals surface area contributed by atoms with Gasteiger partial charge in [0.15, 0.2) is 0 Å². The van der Waals surface area contributed by atoms with Crippen molar-refractivity contribution in [3.05, 3.63) is 60.3 Å². The van der Waals surface area contributed by atoms with E-state index in [9.17, 15) is 0 Å². The minimum absolute atomic E-state index is 0.652. The predicted octanol–water partition coefficient (Wildman–Crippen LogP) is 3.24. The highest BCUT2D eigenvalue weighted by Gasteiger charge is 2.03. The van der Waals surface area contributed by atoms with Crippen molar-refractivity contribution >= 4 is 17.6 Å². The second-order valence-electron chi connectivity index (χ2n) is 3.19. The Morgan fingerprint density at radius 3 is 2.40 bits per heavy atom. The zero-order valence-electron chi connectivity index (χ0n) is 8.18. The third-order valence-electron chi connectivity index (χ3n) is 2.06. The van der Waals surface area contributed by atoms with Crippen molar-refractivity contribution in [2.45, 2.75) is 6.54 Å². The number of pyridine rings is 1. The quantitative estimate of drug-likeness (QED) is 0.736. The van der Waals surface area contributed by atoms with Crippen LogP contribution in [-0.4, -0.2) is 4.98 Å². The first-order valence-corrected chi connectivity index (χ1v) is 5.08. The van der Waals surface area contributed by atoms with Crippen LogP contribution in [0.4, 0.5) is 5.82 Å². The Hall–Kier alpha value is -1.54. The van der Waals surface area contributed by atoms with Crippen molar-refractivity contribution < 1.29 is 0 Å². The summed E-state index contributed by atoms with van der Waals surface area (Å²) >= 11 is 6.11. The Morgan fingerprint density at radius 1 is 1.00 bits per heavy atom. The average Bonchev–Trinajstić information content (AvgIpc) is 2.31. The summed E-state index contributed by atoms with van der Waals surface area (Å²) in [5, 5.41) is 0. The third-order valence-corrected chi connectivity index (χ3v) is 2.35. The Labute approximate surface area is 94.2 Å². The fourth-order valence-electron chi connectivity index (χ4n) is 1.32. The first-order valence-electron chi connectivity index (χ1n) is 4.74. The van der Waals surface area contributed by atoms with Crippen molar-refractivity contribution in [3.8, 4) is 0 Å². The van der Waals surface area contributed by atoms with Crippen LogP contribution in [0.15, 0.2) is 54.7 Å². The van der Waals surface area contributed by atoms with Crippen LogP contribution < -0.4 is 4.42 Å². The van der Waals surface area contributed by atoms with Gasteiger partial charge in [-0.25, -0.2) is 4.98 Å². The van der Waals surface area contributed by atoms with Crippen LogP contribution in [-0.2, 0) is 6.54 Å². The lowest BCUT2D eigenvalue weighted by atomic mass is 10.2. The molecule has 15 heavy (non-hydrogen) atoms. The number of halogens is 1. The second kappa shape index (κ2) is 4.80. The number of hydrogen-bond donors (Lipinski definition) is 0. The molecule has 0 saturated heterocycles. The molecule has 0 unspecified atom stereocenters. The van der Waals surface area contributed by atoms with Gasteiger partial charge in [-0.2, -0.15) is 0 Å². The van der Waals surface area contributed by atoms with Crippen LogP contribution in [0.5, 0.6) is 0 Å². The number of benzene rings is 1. The lowest BCUT2D eigenvalue weighted by molar-refractivity contribution is 1.01. The lowest BCUT2D eigenvalue weighted by Gasteiger charge is -2.14. The number of hydrogen-bond acceptors (Lipinski definition) is 2. The maximum absolute atomic E-state index is 6.11. The highest BCUT2D eigenvalue weighted by atomic mass is 35.5. The fourth-order valence-corrected chi connectivity index (χ4v) is 1.56. The van der Waals surface area contributed by atoms with E-state index >= 15 is 0 Å². The SMILES string of the molecule is ClN(Cc1ccccc1)c1ccccn1. The normalized spacial score (nSPS) is 9.93. The van der Waals surface area contributed by atoms with Crippen molar-refractivity contribution in [2.24, 2.45) is 0 Å². The Balaban J connectivity index is 2.08. The van der Waals surface area contributed by atoms with Gasteiger partial charge < -0.3 is 0 Å². The molecule has 76 valence electrons. The van der Waals surface area contributed by atoms with E-state index in [1.54, 1.807) is 10.6 Å². The molecule has 2 nitrogen and oxygen atoms in total. The summed E-state index contributed by atoms with van der Waals surface area (Å²) in [6.07, 6.45) is 1.73. The molecule has 0 amide bonds. The lowest BCUT2D eigenvalue weighted by Crippen LogP contribution is -2.10. The van der Waals surface area contributed by atoms with E-state index in [2.05, 4.69) is 4.98 Å². The molecule has 0 atom stereocenters. The van der Waals surface area contributed by atoms with Crippen LogP contribution in [0.1, 0.15) is 5.56 Å². The Bertz CT molecular complexity index is 402. The molecule has 0 saturated carbocycles. The number of aromatic nitrogens is 1. The molecule has 0 fully saturated rings. The van der Waals surface area contributed by atoms with Crippen LogP contribution in [0.25, 0.3) is 0 Å². The number of rotatable bonds is 3. The van der Waals surface area contributed by atoms with Gasteiger partial charge in [0, 0.05) is 18.0 Å². The third kappa shape index (κ3) is 2.70. The monoisotopic (exact) mass is 218 g/mol. The number of nitrogens with zero attached hydrogens (tertiary/aromatic N) is 2. The molecule has 1 aromatic carbocycles. The van der Waals surface area contributed by atoms with E-state index in [4.69, 9.17) is 11.8 Å². The molecule has 0 aliphatic rings. The summed E-state index contributed by atoms with van der Waals surface area (Å²) in [5.74, 6) is 0.767. The van der Waals surface area contributed by atoms with E-state index < -0.39 is 0 Å². The second-order valence-corrected chi connectivity index (χ2v) is 3.60. The molecule has 3 heteroatoms. The van der Waals surface area contributed by atoms with Gasteiger partial charge in [0.25, 0.3) is 0 Å². The standard InChI is InChI=1S/C12H11ClN2/c13-15(12-8-4-5-9-14-12)10-11-6-2-1-3-7-11/h1-9H,10H2. The Morgan fingerprint density at radius 2 is 1.73 bits per heavy atom. The number of anilines is 1. The van der Waals surface area contributed by atoms with Gasteiger partial charge in [-0.05, 0) is 17.7 Å². The smallest absolute Gasteiger partial charge is 0.143 e. The van der Waals surface area contributed by atoms with Crippen LogP contribution in [0.2, 0.25) is 0 Å². The van der Waals surface area contributed by atoms with Gasteiger partial charge in [0.2, 0.25) is 0 Å². The molecule has 0 bridgehead atoms. The highest BCUT2D eigenvalue weighted by Crippen LogP contribution is 2.15. The molecule has 0 spiro atoms. The first-order chi connectivity index (χ1) is 7.36. The largest absolute Gasteiger partial charge is 0.264 e. The van der Waals surface area contributed by atoms with E-state index in [1.807, 2.05) is 48.5 Å². The van der Waals surface area contributed by atoms with Crippen LogP contribution in [0, 0.1) is 0 Å². The van der Waals surface area contributed by atoms with Gasteiger partial charge in [0.05, 0.1) is 6.54 Å². The van der Waals surface area contributed by atoms with E-state index in [0.29, 0.717) is 6.54 Å². The van der Waals surface area contributed by atoms with Gasteiger partial charge in [-0.3, -0.25) is 4.42 Å². The summed E-state index contributed by atoms with van der Waals surface area (Å²) in [5.41, 5.74) is 1.16. The van der Waals surface area contributed by atoms with Crippen molar-refractivity contribution in [3.63, 3.8) is 0 Å². The van der Waals surface area contributed by atoms with Gasteiger partial charge in [-0.15, -0.1) is 0 Å². The van der Waals surface area contributed by atoms with E-state index in [-0.39, 0.29) is 0 Å². The summed E-state index contributed by atoms with van der Waals surface area (Å²) < 4.78 is 1.61. The summed E-state index contributed by atoms with van der Waals surface area (Å²) in [7, 11) is 0. The molecular weight excluding hydrogens is 208 g/mol. The Kier molecular flexibility index (Phi) is 3.20. The predicted molar refractivity (Wildman–Crippen MR) is 62.7 cm³/mol. The average molecular weight is 219 g/mol. The molecule has 2 aromatic rings. The van der Waals surface area contributed by atoms with Crippen LogP contribution >= 0.6 is 11.8 Å². The van der Waals surface area contributed by atoms with Crippen molar-refractivity contribution in [1.82, 2.24) is 4.98 Å². The minimum Gasteiger partial charge on any atom is -0.264 e. The molecule has 0 radical (unpaired) electrons. The zero-order valence-corrected chi connectivity index (χ0v) is 8.93. The highest BCUT2D eigenvalue weighted by molar-refractivity contribution is 6.25. The van der Waals surface area contributed by atoms with Gasteiger partial charge >= 0.3 is 0 Å². The van der Waals surface area contributed by atoms with Gasteiger partial charge in [0.1, 0.15) is 5.82 Å². The molecule has 0 aliphatic carbocycles. The summed E-state index contributed by atoms with van der Waals surface area (Å²) in [4.78, 5) is 4.17. The van der Waals surface area contributed by atoms with Crippen LogP contribution in [0.3, 0.4) is 0 Å². The zero-order chi connectivity index (χ0) is 10.5. The molecular formula is C12H11ClN2. The minimum atomic E-state index is 0.652. The molecule has 0 N–H and O–H groups in total. The molecule has 0 aliphatic heterocycles. The molecule has 1 aromatic heterocycles.